The molecule has 0 amide bonds. The van der Waals surface area contributed by atoms with E-state index in [-0.39, 0.29) is 31.1 Å². The third-order valence-corrected chi connectivity index (χ3v) is 14.7. The number of hydrogen-bond donors (Lipinski definition) is 0. The summed E-state index contributed by atoms with van der Waals surface area (Å²) in [7, 11) is 0. The van der Waals surface area contributed by atoms with Crippen molar-refractivity contribution >= 4 is 17.9 Å². The van der Waals surface area contributed by atoms with Gasteiger partial charge in [-0.25, -0.2) is 0 Å². The lowest BCUT2D eigenvalue weighted by Gasteiger charge is -2.18. The molecule has 0 spiro atoms. The molecule has 0 aliphatic heterocycles. The first-order valence-corrected chi connectivity index (χ1v) is 33.4. The standard InChI is InChI=1S/C71H126O6/c1-4-7-10-13-16-19-22-25-28-31-33-34-35-36-38-40-43-46-49-52-55-58-61-64-70(73)76-67-68(66-75-69(72)63-60-57-54-51-48-45-42-39-30-27-24-21-18-15-12-9-6-3)77-71(74)65-62-59-56-53-50-47-44-41-37-32-29-26-23-20-17-14-11-8-5-2/h9,12,17-18,20-21,26-27,29-30,37,41,68H,4-8,10-11,13-16,19,22-25,28,31-36,38-40,42-67H2,1-3H3/b12-9-,20-17-,21-18-,29-26-,30-27-,41-37-. The van der Waals surface area contributed by atoms with Crippen molar-refractivity contribution < 1.29 is 28.6 Å². The van der Waals surface area contributed by atoms with Gasteiger partial charge in [-0.15, -0.1) is 0 Å². The molecular weight excluding hydrogens is 949 g/mol. The summed E-state index contributed by atoms with van der Waals surface area (Å²) >= 11 is 0. The van der Waals surface area contributed by atoms with Crippen LogP contribution in [0.15, 0.2) is 72.9 Å². The van der Waals surface area contributed by atoms with E-state index < -0.39 is 6.10 Å². The number of unbranched alkanes of at least 4 members (excludes halogenated alkanes) is 38. The molecule has 6 nitrogen and oxygen atoms in total. The highest BCUT2D eigenvalue weighted by atomic mass is 16.6. The first-order chi connectivity index (χ1) is 38.0. The fraction of sp³-hybridized carbons (Fsp3) is 0.789. The number of allylic oxidation sites excluding steroid dienone is 12. The van der Waals surface area contributed by atoms with E-state index in [9.17, 15) is 14.4 Å². The largest absolute Gasteiger partial charge is 0.462 e. The molecule has 6 heteroatoms. The highest BCUT2D eigenvalue weighted by Crippen LogP contribution is 2.17. The van der Waals surface area contributed by atoms with Crippen molar-refractivity contribution in [2.24, 2.45) is 0 Å². The van der Waals surface area contributed by atoms with E-state index in [0.29, 0.717) is 19.3 Å². The van der Waals surface area contributed by atoms with Crippen molar-refractivity contribution in [3.8, 4) is 0 Å². The molecule has 446 valence electrons. The molecule has 1 unspecified atom stereocenters. The quantitative estimate of drug-likeness (QED) is 0.0261. The van der Waals surface area contributed by atoms with E-state index in [1.165, 1.54) is 193 Å². The van der Waals surface area contributed by atoms with Crippen LogP contribution in [0.2, 0.25) is 0 Å². The maximum absolute atomic E-state index is 12.9. The Hall–Kier alpha value is -3.15. The zero-order chi connectivity index (χ0) is 55.7. The Morgan fingerprint density at radius 1 is 0.273 bits per heavy atom. The summed E-state index contributed by atoms with van der Waals surface area (Å²) in [6.07, 6.45) is 84.8. The average molecular weight is 1080 g/mol. The van der Waals surface area contributed by atoms with Gasteiger partial charge < -0.3 is 14.2 Å². The number of rotatable bonds is 61. The second kappa shape index (κ2) is 65.4. The van der Waals surface area contributed by atoms with Crippen molar-refractivity contribution in [2.45, 2.75) is 348 Å². The lowest BCUT2D eigenvalue weighted by molar-refractivity contribution is -0.167. The minimum atomic E-state index is -0.787. The fourth-order valence-electron chi connectivity index (χ4n) is 9.70. The van der Waals surface area contributed by atoms with Crippen LogP contribution in [0, 0.1) is 0 Å². The predicted molar refractivity (Wildman–Crippen MR) is 335 cm³/mol. The molecule has 77 heavy (non-hydrogen) atoms. The van der Waals surface area contributed by atoms with Crippen molar-refractivity contribution in [1.29, 1.82) is 0 Å². The summed E-state index contributed by atoms with van der Waals surface area (Å²) < 4.78 is 17.0. The van der Waals surface area contributed by atoms with Crippen LogP contribution >= 0.6 is 0 Å². The van der Waals surface area contributed by atoms with Gasteiger partial charge >= 0.3 is 17.9 Å². The van der Waals surface area contributed by atoms with Gasteiger partial charge in [0.05, 0.1) is 0 Å². The summed E-state index contributed by atoms with van der Waals surface area (Å²) in [6.45, 7) is 6.54. The van der Waals surface area contributed by atoms with Crippen molar-refractivity contribution in [3.05, 3.63) is 72.9 Å². The minimum absolute atomic E-state index is 0.0811. The van der Waals surface area contributed by atoms with Gasteiger partial charge in [0.25, 0.3) is 0 Å². The third kappa shape index (κ3) is 63.6. The normalized spacial score (nSPS) is 12.5. The predicted octanol–water partition coefficient (Wildman–Crippen LogP) is 22.9. The van der Waals surface area contributed by atoms with Crippen molar-refractivity contribution in [3.63, 3.8) is 0 Å². The van der Waals surface area contributed by atoms with Crippen LogP contribution in [-0.2, 0) is 28.6 Å². The van der Waals surface area contributed by atoms with Crippen LogP contribution in [-0.4, -0.2) is 37.2 Å². The number of ether oxygens (including phenoxy) is 3. The fourth-order valence-corrected chi connectivity index (χ4v) is 9.70. The van der Waals surface area contributed by atoms with Gasteiger partial charge in [-0.2, -0.15) is 0 Å². The third-order valence-electron chi connectivity index (χ3n) is 14.7. The van der Waals surface area contributed by atoms with Crippen LogP contribution in [0.5, 0.6) is 0 Å². The topological polar surface area (TPSA) is 78.9 Å². The highest BCUT2D eigenvalue weighted by molar-refractivity contribution is 5.71. The van der Waals surface area contributed by atoms with Crippen molar-refractivity contribution in [2.75, 3.05) is 13.2 Å². The van der Waals surface area contributed by atoms with Gasteiger partial charge in [0, 0.05) is 19.3 Å². The van der Waals surface area contributed by atoms with Gasteiger partial charge in [-0.1, -0.05) is 306 Å². The molecule has 0 aromatic rings. The van der Waals surface area contributed by atoms with E-state index in [1.807, 2.05) is 0 Å². The van der Waals surface area contributed by atoms with E-state index in [2.05, 4.69) is 93.7 Å². The molecule has 0 heterocycles. The molecule has 1 atom stereocenters. The molecule has 0 aromatic carbocycles. The van der Waals surface area contributed by atoms with Gasteiger partial charge in [0.1, 0.15) is 13.2 Å². The Morgan fingerprint density at radius 3 is 0.818 bits per heavy atom. The Kier molecular flexibility index (Phi) is 62.7. The molecule has 0 aromatic heterocycles. The van der Waals surface area contributed by atoms with Crippen LogP contribution in [0.4, 0.5) is 0 Å². The molecule has 0 fully saturated rings. The first-order valence-electron chi connectivity index (χ1n) is 33.4. The van der Waals surface area contributed by atoms with Gasteiger partial charge in [0.2, 0.25) is 0 Å². The molecule has 0 radical (unpaired) electrons. The molecule has 0 aliphatic carbocycles. The Labute approximate surface area is 478 Å². The molecule has 0 saturated carbocycles. The molecule has 0 bridgehead atoms. The summed E-state index contributed by atoms with van der Waals surface area (Å²) in [5.74, 6) is -0.886. The Morgan fingerprint density at radius 2 is 0.506 bits per heavy atom. The van der Waals surface area contributed by atoms with Crippen LogP contribution in [0.3, 0.4) is 0 Å². The first kappa shape index (κ1) is 73.8. The Bertz CT molecular complexity index is 1420. The monoisotopic (exact) mass is 1070 g/mol. The molecule has 0 N–H and O–H groups in total. The zero-order valence-electron chi connectivity index (χ0n) is 51.2. The highest BCUT2D eigenvalue weighted by Gasteiger charge is 2.19. The van der Waals surface area contributed by atoms with E-state index >= 15 is 0 Å². The van der Waals surface area contributed by atoms with Crippen LogP contribution in [0.1, 0.15) is 342 Å². The maximum Gasteiger partial charge on any atom is 0.306 e. The zero-order valence-corrected chi connectivity index (χ0v) is 51.2. The lowest BCUT2D eigenvalue weighted by Crippen LogP contribution is -2.30. The van der Waals surface area contributed by atoms with Gasteiger partial charge in [-0.05, 0) is 89.9 Å². The molecule has 0 aliphatic rings. The second-order valence-corrected chi connectivity index (χ2v) is 22.4. The number of carbonyl (C=O) groups is 3. The van der Waals surface area contributed by atoms with E-state index in [0.717, 1.165) is 109 Å². The minimum Gasteiger partial charge on any atom is -0.462 e. The number of carbonyl (C=O) groups excluding carboxylic acids is 3. The summed E-state index contributed by atoms with van der Waals surface area (Å²) in [5.41, 5.74) is 0. The van der Waals surface area contributed by atoms with Crippen LogP contribution in [0.25, 0.3) is 0 Å². The number of esters is 3. The van der Waals surface area contributed by atoms with Crippen LogP contribution < -0.4 is 0 Å². The second-order valence-electron chi connectivity index (χ2n) is 22.4. The summed E-state index contributed by atoms with van der Waals surface area (Å²) in [6, 6.07) is 0. The van der Waals surface area contributed by atoms with Gasteiger partial charge in [-0.3, -0.25) is 14.4 Å². The van der Waals surface area contributed by atoms with E-state index in [1.54, 1.807) is 0 Å². The molecule has 0 saturated heterocycles. The summed E-state index contributed by atoms with van der Waals surface area (Å²) in [5, 5.41) is 0. The number of hydrogen-bond acceptors (Lipinski definition) is 6. The molecule has 0 rings (SSSR count). The van der Waals surface area contributed by atoms with Gasteiger partial charge in [0.15, 0.2) is 6.10 Å². The SMILES string of the molecule is CC/C=C\C/C=C\C/C=C\CCCCCCCCCC(=O)OCC(COC(=O)CCCCCCCCCCCCCCCCCCCCCCCCC)OC(=O)CCCCCCCC/C=C\C/C=C\C/C=C\CCCCC. The Balaban J connectivity index is 4.35. The average Bonchev–Trinajstić information content (AvgIpc) is 3.43. The smallest absolute Gasteiger partial charge is 0.306 e. The van der Waals surface area contributed by atoms with E-state index in [4.69, 9.17) is 14.2 Å². The molecular formula is C71H126O6. The summed E-state index contributed by atoms with van der Waals surface area (Å²) in [4.78, 5) is 38.4. The lowest BCUT2D eigenvalue weighted by atomic mass is 10.0. The maximum atomic E-state index is 12.9. The van der Waals surface area contributed by atoms with Crippen molar-refractivity contribution in [1.82, 2.24) is 0 Å².